The van der Waals surface area contributed by atoms with Crippen LogP contribution in [0.15, 0.2) is 40.9 Å². The molecule has 0 bridgehead atoms. The lowest BCUT2D eigenvalue weighted by molar-refractivity contribution is 0.648. The zero-order valence-electron chi connectivity index (χ0n) is 11.8. The van der Waals surface area contributed by atoms with Gasteiger partial charge in [0.1, 0.15) is 0 Å². The monoisotopic (exact) mass is 330 g/mol. The highest BCUT2D eigenvalue weighted by Gasteiger charge is 2.28. The predicted octanol–water partition coefficient (Wildman–Crippen LogP) is 4.62. The van der Waals surface area contributed by atoms with Gasteiger partial charge in [-0.2, -0.15) is 0 Å². The highest BCUT2D eigenvalue weighted by atomic mass is 79.9. The van der Waals surface area contributed by atoms with Crippen LogP contribution in [0.25, 0.3) is 0 Å². The Kier molecular flexibility index (Phi) is 3.57. The molecule has 3 N–H and O–H groups in total. The van der Waals surface area contributed by atoms with E-state index in [0.717, 1.165) is 12.1 Å². The number of nitrogens with two attached hydrogens (primary N) is 1. The smallest absolute Gasteiger partial charge is 0.0535 e. The third-order valence-corrected chi connectivity index (χ3v) is 5.29. The first kappa shape index (κ1) is 13.7. The number of hydrogen-bond acceptors (Lipinski definition) is 2. The summed E-state index contributed by atoms with van der Waals surface area (Å²) in [6, 6.07) is 13.3. The summed E-state index contributed by atoms with van der Waals surface area (Å²) in [4.78, 5) is 0. The van der Waals surface area contributed by atoms with Crippen molar-refractivity contribution < 1.29 is 0 Å². The fourth-order valence-electron chi connectivity index (χ4n) is 3.04. The summed E-state index contributed by atoms with van der Waals surface area (Å²) in [6.45, 7) is 4.24. The Balaban J connectivity index is 1.90. The van der Waals surface area contributed by atoms with Crippen molar-refractivity contribution in [2.45, 2.75) is 32.4 Å². The summed E-state index contributed by atoms with van der Waals surface area (Å²) in [6.07, 6.45) is 0.952. The van der Waals surface area contributed by atoms with Gasteiger partial charge in [-0.25, -0.2) is 0 Å². The van der Waals surface area contributed by atoms with Gasteiger partial charge in [0.15, 0.2) is 0 Å². The van der Waals surface area contributed by atoms with Crippen molar-refractivity contribution in [3.8, 4) is 0 Å². The Morgan fingerprint density at radius 1 is 1.10 bits per heavy atom. The molecule has 2 atom stereocenters. The molecule has 2 unspecified atom stereocenters. The fourth-order valence-corrected chi connectivity index (χ4v) is 3.27. The molecule has 0 aliphatic heterocycles. The van der Waals surface area contributed by atoms with Gasteiger partial charge in [0.2, 0.25) is 0 Å². The van der Waals surface area contributed by atoms with Gasteiger partial charge in [-0.3, -0.25) is 0 Å². The standard InChI is InChI=1S/C17H19BrN2/c1-10-7-12(8-11(2)17(10)18)20-16-9-15(19)13-5-3-4-6-14(13)16/h3-8,15-16,20H,9,19H2,1-2H3. The molecule has 1 aliphatic carbocycles. The second-order valence-electron chi connectivity index (χ2n) is 5.59. The molecule has 0 saturated heterocycles. The first-order valence-corrected chi connectivity index (χ1v) is 7.73. The van der Waals surface area contributed by atoms with Gasteiger partial charge in [0.25, 0.3) is 0 Å². The van der Waals surface area contributed by atoms with E-state index in [2.05, 4.69) is 71.5 Å². The van der Waals surface area contributed by atoms with Gasteiger partial charge in [0, 0.05) is 16.2 Å². The van der Waals surface area contributed by atoms with Crippen molar-refractivity contribution in [2.24, 2.45) is 5.73 Å². The van der Waals surface area contributed by atoms with E-state index < -0.39 is 0 Å². The lowest BCUT2D eigenvalue weighted by Gasteiger charge is -2.17. The Morgan fingerprint density at radius 2 is 1.70 bits per heavy atom. The van der Waals surface area contributed by atoms with Crippen LogP contribution in [0.3, 0.4) is 0 Å². The number of benzene rings is 2. The molecule has 2 aromatic rings. The van der Waals surface area contributed by atoms with Gasteiger partial charge in [-0.15, -0.1) is 0 Å². The molecule has 2 nitrogen and oxygen atoms in total. The van der Waals surface area contributed by atoms with E-state index in [9.17, 15) is 0 Å². The minimum Gasteiger partial charge on any atom is -0.378 e. The van der Waals surface area contributed by atoms with Crippen LogP contribution in [0, 0.1) is 13.8 Å². The molecular weight excluding hydrogens is 312 g/mol. The van der Waals surface area contributed by atoms with E-state index in [1.54, 1.807) is 0 Å². The number of nitrogens with one attached hydrogen (secondary N) is 1. The molecule has 1 aliphatic rings. The molecule has 0 heterocycles. The van der Waals surface area contributed by atoms with Gasteiger partial charge >= 0.3 is 0 Å². The largest absolute Gasteiger partial charge is 0.378 e. The van der Waals surface area contributed by atoms with Gasteiger partial charge in [-0.05, 0) is 54.7 Å². The van der Waals surface area contributed by atoms with Crippen LogP contribution in [0.4, 0.5) is 5.69 Å². The lowest BCUT2D eigenvalue weighted by Crippen LogP contribution is -2.10. The first-order chi connectivity index (χ1) is 9.56. The molecule has 2 aromatic carbocycles. The molecule has 3 heteroatoms. The van der Waals surface area contributed by atoms with Gasteiger partial charge in [-0.1, -0.05) is 40.2 Å². The first-order valence-electron chi connectivity index (χ1n) is 6.94. The SMILES string of the molecule is Cc1cc(NC2CC(N)c3ccccc32)cc(C)c1Br. The second kappa shape index (κ2) is 5.23. The number of anilines is 1. The molecule has 0 saturated carbocycles. The van der Waals surface area contributed by atoms with Crippen molar-refractivity contribution in [3.63, 3.8) is 0 Å². The van der Waals surface area contributed by atoms with Crippen molar-refractivity contribution in [1.29, 1.82) is 0 Å². The number of aryl methyl sites for hydroxylation is 2. The van der Waals surface area contributed by atoms with Crippen molar-refractivity contribution in [1.82, 2.24) is 0 Å². The van der Waals surface area contributed by atoms with E-state index in [4.69, 9.17) is 5.73 Å². The van der Waals surface area contributed by atoms with Gasteiger partial charge < -0.3 is 11.1 Å². The molecule has 0 fully saturated rings. The van der Waals surface area contributed by atoms with Crippen LogP contribution in [0.2, 0.25) is 0 Å². The summed E-state index contributed by atoms with van der Waals surface area (Å²) >= 11 is 3.61. The molecule has 0 radical (unpaired) electrons. The topological polar surface area (TPSA) is 38.0 Å². The average Bonchev–Trinajstić information content (AvgIpc) is 2.73. The molecule has 0 spiro atoms. The molecule has 3 rings (SSSR count). The average molecular weight is 331 g/mol. The van der Waals surface area contributed by atoms with E-state index in [1.807, 2.05) is 0 Å². The number of rotatable bonds is 2. The third kappa shape index (κ3) is 2.36. The Labute approximate surface area is 128 Å². The van der Waals surface area contributed by atoms with Crippen LogP contribution in [0.5, 0.6) is 0 Å². The summed E-state index contributed by atoms with van der Waals surface area (Å²) < 4.78 is 1.19. The lowest BCUT2D eigenvalue weighted by atomic mass is 10.1. The van der Waals surface area contributed by atoms with Crippen LogP contribution in [-0.4, -0.2) is 0 Å². The zero-order chi connectivity index (χ0) is 14.3. The zero-order valence-corrected chi connectivity index (χ0v) is 13.4. The maximum Gasteiger partial charge on any atom is 0.0535 e. The van der Waals surface area contributed by atoms with Crippen LogP contribution < -0.4 is 11.1 Å². The van der Waals surface area contributed by atoms with E-state index >= 15 is 0 Å². The van der Waals surface area contributed by atoms with E-state index in [1.165, 1.54) is 26.7 Å². The Morgan fingerprint density at radius 3 is 2.35 bits per heavy atom. The Bertz CT molecular complexity index is 628. The fraction of sp³-hybridized carbons (Fsp3) is 0.294. The number of fused-ring (bicyclic) bond motifs is 1. The highest BCUT2D eigenvalue weighted by molar-refractivity contribution is 9.10. The molecular formula is C17H19BrN2. The third-order valence-electron chi connectivity index (χ3n) is 4.04. The normalized spacial score (nSPS) is 20.8. The summed E-state index contributed by atoms with van der Waals surface area (Å²) in [5.41, 5.74) is 12.5. The van der Waals surface area contributed by atoms with Crippen LogP contribution in [0.1, 0.15) is 40.8 Å². The maximum atomic E-state index is 6.23. The maximum absolute atomic E-state index is 6.23. The second-order valence-corrected chi connectivity index (χ2v) is 6.39. The van der Waals surface area contributed by atoms with Crippen molar-refractivity contribution in [3.05, 3.63) is 63.1 Å². The van der Waals surface area contributed by atoms with Crippen LogP contribution in [-0.2, 0) is 0 Å². The van der Waals surface area contributed by atoms with Gasteiger partial charge in [0.05, 0.1) is 6.04 Å². The summed E-state index contributed by atoms with van der Waals surface area (Å²) in [7, 11) is 0. The minimum atomic E-state index is 0.140. The molecule has 0 amide bonds. The van der Waals surface area contributed by atoms with Crippen molar-refractivity contribution >= 4 is 21.6 Å². The summed E-state index contributed by atoms with van der Waals surface area (Å²) in [5.74, 6) is 0. The predicted molar refractivity (Wildman–Crippen MR) is 88.0 cm³/mol. The Hall–Kier alpha value is -1.32. The van der Waals surface area contributed by atoms with Crippen LogP contribution >= 0.6 is 15.9 Å². The number of halogens is 1. The van der Waals surface area contributed by atoms with E-state index in [-0.39, 0.29) is 6.04 Å². The van der Waals surface area contributed by atoms with Crippen molar-refractivity contribution in [2.75, 3.05) is 5.32 Å². The quantitative estimate of drug-likeness (QED) is 0.842. The minimum absolute atomic E-state index is 0.140. The molecule has 104 valence electrons. The highest BCUT2D eigenvalue weighted by Crippen LogP contribution is 2.39. The molecule has 20 heavy (non-hydrogen) atoms. The number of hydrogen-bond donors (Lipinski definition) is 2. The molecule has 0 aromatic heterocycles. The summed E-state index contributed by atoms with van der Waals surface area (Å²) in [5, 5.41) is 3.64. The van der Waals surface area contributed by atoms with E-state index in [0.29, 0.717) is 6.04 Å².